The lowest BCUT2D eigenvalue weighted by atomic mass is 10.1. The zero-order valence-corrected chi connectivity index (χ0v) is 12.8. The number of unbranched alkanes of at least 4 members (excludes halogenated alkanes) is 1. The molecule has 1 atom stereocenters. The van der Waals surface area contributed by atoms with Crippen LogP contribution in [-0.2, 0) is 11.3 Å². The predicted molar refractivity (Wildman–Crippen MR) is 78.0 cm³/mol. The number of ether oxygens (including phenoxy) is 1. The average molecular weight is 296 g/mol. The molecule has 118 valence electrons. The van der Waals surface area contributed by atoms with Gasteiger partial charge in [0.05, 0.1) is 6.10 Å². The number of carbonyl (C=O) groups excluding carboxylic acids is 1. The first-order valence-corrected chi connectivity index (χ1v) is 7.60. The molecule has 1 aliphatic rings. The fourth-order valence-corrected chi connectivity index (χ4v) is 2.28. The predicted octanol–water partition coefficient (Wildman–Crippen LogP) is 1.51. The van der Waals surface area contributed by atoms with E-state index in [0.29, 0.717) is 19.0 Å². The summed E-state index contributed by atoms with van der Waals surface area (Å²) in [6.45, 7) is 4.17. The zero-order valence-electron chi connectivity index (χ0n) is 12.8. The first-order valence-electron chi connectivity index (χ1n) is 7.60. The quantitative estimate of drug-likeness (QED) is 0.860. The number of aromatic nitrogens is 4. The molecule has 1 N–H and O–H groups in total. The van der Waals surface area contributed by atoms with Crippen LogP contribution in [0.2, 0.25) is 0 Å². The van der Waals surface area contributed by atoms with Gasteiger partial charge in [0.1, 0.15) is 0 Å². The van der Waals surface area contributed by atoms with E-state index >= 15 is 0 Å². The summed E-state index contributed by atoms with van der Waals surface area (Å²) in [6.07, 6.45) is 5.43. The van der Waals surface area contributed by atoms with E-state index < -0.39 is 0 Å². The minimum atomic E-state index is -0.211. The van der Waals surface area contributed by atoms with E-state index in [0.717, 1.165) is 38.7 Å². The summed E-state index contributed by atoms with van der Waals surface area (Å²) in [7, 11) is 1.76. The third-order valence-electron chi connectivity index (χ3n) is 3.57. The van der Waals surface area contributed by atoms with Crippen LogP contribution in [0.25, 0.3) is 0 Å². The fourth-order valence-electron chi connectivity index (χ4n) is 2.28. The van der Waals surface area contributed by atoms with Crippen molar-refractivity contribution in [3.8, 4) is 0 Å². The molecule has 1 fully saturated rings. The number of hydrogen-bond acceptors (Lipinski definition) is 5. The summed E-state index contributed by atoms with van der Waals surface area (Å²) in [6, 6.07) is -0.211. The van der Waals surface area contributed by atoms with Crippen LogP contribution in [-0.4, -0.2) is 57.4 Å². The van der Waals surface area contributed by atoms with Gasteiger partial charge in [0.25, 0.3) is 5.95 Å². The van der Waals surface area contributed by atoms with Crippen molar-refractivity contribution < 1.29 is 9.53 Å². The second-order valence-corrected chi connectivity index (χ2v) is 5.38. The van der Waals surface area contributed by atoms with E-state index in [1.165, 1.54) is 0 Å². The fraction of sp³-hybridized carbons (Fsp3) is 0.846. The number of hydrogen-bond donors (Lipinski definition) is 1. The van der Waals surface area contributed by atoms with E-state index in [9.17, 15) is 4.79 Å². The van der Waals surface area contributed by atoms with Crippen molar-refractivity contribution in [3.05, 3.63) is 0 Å². The van der Waals surface area contributed by atoms with Gasteiger partial charge in [-0.2, -0.15) is 0 Å². The molecule has 2 amide bonds. The van der Waals surface area contributed by atoms with Crippen LogP contribution >= 0.6 is 0 Å². The molecule has 1 saturated heterocycles. The van der Waals surface area contributed by atoms with Crippen LogP contribution in [0.1, 0.15) is 39.0 Å². The molecule has 8 heteroatoms. The molecule has 0 radical (unpaired) electrons. The van der Waals surface area contributed by atoms with E-state index in [1.807, 2.05) is 0 Å². The van der Waals surface area contributed by atoms with Crippen molar-refractivity contribution in [1.82, 2.24) is 25.1 Å². The molecule has 8 nitrogen and oxygen atoms in total. The zero-order chi connectivity index (χ0) is 15.1. The van der Waals surface area contributed by atoms with Gasteiger partial charge in [0.15, 0.2) is 0 Å². The van der Waals surface area contributed by atoms with Gasteiger partial charge in [-0.15, -0.1) is 0 Å². The van der Waals surface area contributed by atoms with Gasteiger partial charge in [0.2, 0.25) is 0 Å². The van der Waals surface area contributed by atoms with Crippen molar-refractivity contribution in [3.63, 3.8) is 0 Å². The number of likely N-dealkylation sites (N-methyl/N-ethyl adjacent to an activating group) is 1. The maximum atomic E-state index is 12.2. The van der Waals surface area contributed by atoms with Gasteiger partial charge in [0, 0.05) is 26.7 Å². The topological polar surface area (TPSA) is 85.2 Å². The van der Waals surface area contributed by atoms with Gasteiger partial charge in [-0.3, -0.25) is 5.32 Å². The van der Waals surface area contributed by atoms with Crippen molar-refractivity contribution >= 4 is 12.0 Å². The largest absolute Gasteiger partial charge is 0.376 e. The Balaban J connectivity index is 1.83. The van der Waals surface area contributed by atoms with Crippen LogP contribution in [0, 0.1) is 0 Å². The molecule has 0 aromatic carbocycles. The molecule has 0 bridgehead atoms. The van der Waals surface area contributed by atoms with Gasteiger partial charge in [-0.1, -0.05) is 18.4 Å². The Morgan fingerprint density at radius 1 is 1.52 bits per heavy atom. The molecule has 0 aliphatic carbocycles. The molecule has 2 rings (SSSR count). The Hall–Kier alpha value is -1.70. The van der Waals surface area contributed by atoms with Gasteiger partial charge in [-0.25, -0.2) is 9.48 Å². The van der Waals surface area contributed by atoms with Gasteiger partial charge >= 0.3 is 6.03 Å². The first-order chi connectivity index (χ1) is 10.2. The minimum absolute atomic E-state index is 0.130. The molecule has 0 spiro atoms. The van der Waals surface area contributed by atoms with Crippen LogP contribution in [0.3, 0.4) is 0 Å². The lowest BCUT2D eigenvalue weighted by Crippen LogP contribution is -2.39. The minimum Gasteiger partial charge on any atom is -0.376 e. The van der Waals surface area contributed by atoms with Gasteiger partial charge in [-0.05, 0) is 36.1 Å². The monoisotopic (exact) mass is 296 g/mol. The van der Waals surface area contributed by atoms with Crippen molar-refractivity contribution in [2.45, 2.75) is 51.7 Å². The molecule has 1 aromatic rings. The Labute approximate surface area is 124 Å². The van der Waals surface area contributed by atoms with Crippen molar-refractivity contribution in [2.75, 3.05) is 25.5 Å². The average Bonchev–Trinajstić information content (AvgIpc) is 2.93. The Morgan fingerprint density at radius 3 is 3.10 bits per heavy atom. The van der Waals surface area contributed by atoms with Gasteiger partial charge < -0.3 is 9.64 Å². The highest BCUT2D eigenvalue weighted by atomic mass is 16.5. The van der Waals surface area contributed by atoms with E-state index in [2.05, 4.69) is 27.8 Å². The second kappa shape index (κ2) is 7.92. The van der Waals surface area contributed by atoms with Crippen LogP contribution in [0.4, 0.5) is 10.7 Å². The summed E-state index contributed by atoms with van der Waals surface area (Å²) in [5, 5.41) is 14.1. The number of nitrogens with one attached hydrogen (secondary N) is 1. The number of aryl methyl sites for hydroxylation is 1. The van der Waals surface area contributed by atoms with Crippen molar-refractivity contribution in [2.24, 2.45) is 0 Å². The summed E-state index contributed by atoms with van der Waals surface area (Å²) >= 11 is 0. The highest BCUT2D eigenvalue weighted by Gasteiger charge is 2.20. The number of anilines is 1. The number of urea groups is 1. The molecular weight excluding hydrogens is 272 g/mol. The Kier molecular flexibility index (Phi) is 5.91. The van der Waals surface area contributed by atoms with E-state index in [1.54, 1.807) is 16.6 Å². The molecule has 1 aliphatic heterocycles. The maximum Gasteiger partial charge on any atom is 0.324 e. The van der Waals surface area contributed by atoms with Crippen molar-refractivity contribution in [1.29, 1.82) is 0 Å². The molecule has 2 heterocycles. The Bertz CT molecular complexity index is 444. The number of tetrazole rings is 1. The summed E-state index contributed by atoms with van der Waals surface area (Å²) < 4.78 is 7.26. The van der Waals surface area contributed by atoms with Crippen LogP contribution in [0.5, 0.6) is 0 Å². The third-order valence-corrected chi connectivity index (χ3v) is 3.57. The number of rotatable bonds is 6. The lowest BCUT2D eigenvalue weighted by Gasteiger charge is -2.27. The standard InChI is InChI=1S/C13H24N6O2/c1-3-4-8-19-12(15-16-17-19)14-13(20)18(2)10-11-7-5-6-9-21-11/h11H,3-10H2,1-2H3,(H,14,15,17,20). The number of carbonyl (C=O) groups is 1. The molecule has 1 aromatic heterocycles. The second-order valence-electron chi connectivity index (χ2n) is 5.38. The molecule has 1 unspecified atom stereocenters. The Morgan fingerprint density at radius 2 is 2.38 bits per heavy atom. The normalized spacial score (nSPS) is 18.5. The summed E-state index contributed by atoms with van der Waals surface area (Å²) in [5.74, 6) is 0.393. The van der Waals surface area contributed by atoms with Crippen LogP contribution < -0.4 is 5.32 Å². The highest BCUT2D eigenvalue weighted by molar-refractivity contribution is 5.87. The van der Waals surface area contributed by atoms with E-state index in [-0.39, 0.29) is 12.1 Å². The third kappa shape index (κ3) is 4.66. The molecule has 21 heavy (non-hydrogen) atoms. The summed E-state index contributed by atoms with van der Waals surface area (Å²) in [5.41, 5.74) is 0. The highest BCUT2D eigenvalue weighted by Crippen LogP contribution is 2.13. The molecular formula is C13H24N6O2. The van der Waals surface area contributed by atoms with E-state index in [4.69, 9.17) is 4.74 Å². The van der Waals surface area contributed by atoms with Crippen LogP contribution in [0.15, 0.2) is 0 Å². The number of nitrogens with zero attached hydrogens (tertiary/aromatic N) is 5. The summed E-state index contributed by atoms with van der Waals surface area (Å²) in [4.78, 5) is 13.8. The lowest BCUT2D eigenvalue weighted by molar-refractivity contribution is 0.00462. The smallest absolute Gasteiger partial charge is 0.324 e. The maximum absolute atomic E-state index is 12.2. The number of amides is 2. The SMILES string of the molecule is CCCCn1nnnc1NC(=O)N(C)CC1CCCCO1. The molecule has 0 saturated carbocycles. The first kappa shape index (κ1) is 15.7.